The summed E-state index contributed by atoms with van der Waals surface area (Å²) in [6.07, 6.45) is -1.35. The molecule has 1 atom stereocenters. The Balaban J connectivity index is 2.44. The van der Waals surface area contributed by atoms with Crippen molar-refractivity contribution in [1.29, 1.82) is 0 Å². The first-order valence-electron chi connectivity index (χ1n) is 7.64. The standard InChI is InChI=1S/C17H21NO7S/c1-24-16-7-13(8-17(9-16)25-2)18(10-15(20)11-26(21,22)23)12-3-5-14(19)6-4-12/h3-9,15,19-20H,10-11H2,1-2H3,(H,21,22,23). The highest BCUT2D eigenvalue weighted by Crippen LogP contribution is 2.33. The second-order valence-corrected chi connectivity index (χ2v) is 7.10. The summed E-state index contributed by atoms with van der Waals surface area (Å²) in [5.41, 5.74) is 1.16. The third-order valence-corrected chi connectivity index (χ3v) is 4.41. The molecule has 3 N–H and O–H groups in total. The Morgan fingerprint density at radius 3 is 2.00 bits per heavy atom. The van der Waals surface area contributed by atoms with Crippen LogP contribution in [-0.4, -0.2) is 55.8 Å². The maximum atomic E-state index is 11.0. The van der Waals surface area contributed by atoms with Crippen LogP contribution in [0.15, 0.2) is 42.5 Å². The minimum absolute atomic E-state index is 0.0652. The lowest BCUT2D eigenvalue weighted by Gasteiger charge is -2.28. The van der Waals surface area contributed by atoms with Crippen molar-refractivity contribution in [2.45, 2.75) is 6.10 Å². The molecular weight excluding hydrogens is 362 g/mol. The molecule has 2 aromatic rings. The summed E-state index contributed by atoms with van der Waals surface area (Å²) in [5.74, 6) is 0.276. The molecule has 0 amide bonds. The zero-order chi connectivity index (χ0) is 19.3. The number of hydrogen-bond donors (Lipinski definition) is 3. The van der Waals surface area contributed by atoms with Gasteiger partial charge in [0.05, 0.1) is 26.9 Å². The van der Waals surface area contributed by atoms with E-state index in [0.29, 0.717) is 22.9 Å². The molecular formula is C17H21NO7S. The highest BCUT2D eigenvalue weighted by atomic mass is 32.2. The van der Waals surface area contributed by atoms with Crippen LogP contribution >= 0.6 is 0 Å². The number of aromatic hydroxyl groups is 1. The fourth-order valence-electron chi connectivity index (χ4n) is 2.45. The molecule has 0 spiro atoms. The van der Waals surface area contributed by atoms with Crippen molar-refractivity contribution in [3.63, 3.8) is 0 Å². The predicted octanol–water partition coefficient (Wildman–Crippen LogP) is 1.80. The van der Waals surface area contributed by atoms with Gasteiger partial charge in [-0.3, -0.25) is 4.55 Å². The number of anilines is 2. The fourth-order valence-corrected chi connectivity index (χ4v) is 3.04. The van der Waals surface area contributed by atoms with Crippen molar-refractivity contribution in [2.75, 3.05) is 31.4 Å². The third kappa shape index (κ3) is 5.51. The molecule has 0 aliphatic rings. The van der Waals surface area contributed by atoms with Crippen LogP contribution in [0, 0.1) is 0 Å². The number of aliphatic hydroxyl groups excluding tert-OH is 1. The van der Waals surface area contributed by atoms with E-state index in [1.807, 2.05) is 0 Å². The van der Waals surface area contributed by atoms with Crippen LogP contribution in [-0.2, 0) is 10.1 Å². The summed E-state index contributed by atoms with van der Waals surface area (Å²) in [5, 5.41) is 19.6. The van der Waals surface area contributed by atoms with Gasteiger partial charge in [0, 0.05) is 29.6 Å². The summed E-state index contributed by atoms with van der Waals surface area (Å²) >= 11 is 0. The van der Waals surface area contributed by atoms with Crippen LogP contribution in [0.3, 0.4) is 0 Å². The minimum Gasteiger partial charge on any atom is -0.508 e. The van der Waals surface area contributed by atoms with E-state index >= 15 is 0 Å². The van der Waals surface area contributed by atoms with E-state index in [2.05, 4.69) is 0 Å². The molecule has 0 aliphatic carbocycles. The molecule has 2 aromatic carbocycles. The molecule has 0 saturated carbocycles. The number of rotatable bonds is 8. The number of methoxy groups -OCH3 is 2. The largest absolute Gasteiger partial charge is 0.508 e. The monoisotopic (exact) mass is 383 g/mol. The van der Waals surface area contributed by atoms with Crippen LogP contribution in [0.5, 0.6) is 17.2 Å². The quantitative estimate of drug-likeness (QED) is 0.591. The summed E-state index contributed by atoms with van der Waals surface area (Å²) in [6.45, 7) is -0.124. The fraction of sp³-hybridized carbons (Fsp3) is 0.294. The average Bonchev–Trinajstić information content (AvgIpc) is 2.58. The van der Waals surface area contributed by atoms with Gasteiger partial charge in [0.15, 0.2) is 0 Å². The van der Waals surface area contributed by atoms with E-state index < -0.39 is 22.0 Å². The molecule has 0 aromatic heterocycles. The highest BCUT2D eigenvalue weighted by Gasteiger charge is 2.20. The van der Waals surface area contributed by atoms with Gasteiger partial charge in [0.1, 0.15) is 23.0 Å². The summed E-state index contributed by atoms with van der Waals surface area (Å²) in [4.78, 5) is 1.63. The zero-order valence-electron chi connectivity index (χ0n) is 14.4. The lowest BCUT2D eigenvalue weighted by Crippen LogP contribution is -2.33. The van der Waals surface area contributed by atoms with Gasteiger partial charge in [0.25, 0.3) is 10.1 Å². The van der Waals surface area contributed by atoms with Crippen LogP contribution in [0.4, 0.5) is 11.4 Å². The van der Waals surface area contributed by atoms with Gasteiger partial charge in [-0.1, -0.05) is 0 Å². The lowest BCUT2D eigenvalue weighted by molar-refractivity contribution is 0.203. The molecule has 0 saturated heterocycles. The molecule has 0 fully saturated rings. The zero-order valence-corrected chi connectivity index (χ0v) is 15.2. The van der Waals surface area contributed by atoms with Crippen molar-refractivity contribution >= 4 is 21.5 Å². The lowest BCUT2D eigenvalue weighted by atomic mass is 10.2. The van der Waals surface area contributed by atoms with E-state index in [-0.39, 0.29) is 12.3 Å². The topological polar surface area (TPSA) is 117 Å². The van der Waals surface area contributed by atoms with E-state index in [4.69, 9.17) is 14.0 Å². The summed E-state index contributed by atoms with van der Waals surface area (Å²) < 4.78 is 41.5. The third-order valence-electron chi connectivity index (χ3n) is 3.61. The molecule has 1 unspecified atom stereocenters. The van der Waals surface area contributed by atoms with E-state index in [1.54, 1.807) is 35.2 Å². The van der Waals surface area contributed by atoms with Crippen LogP contribution in [0.2, 0.25) is 0 Å². The first kappa shape index (κ1) is 19.8. The van der Waals surface area contributed by atoms with Crippen molar-refractivity contribution in [1.82, 2.24) is 0 Å². The van der Waals surface area contributed by atoms with E-state index in [1.165, 1.54) is 26.4 Å². The number of hydrogen-bond acceptors (Lipinski definition) is 7. The van der Waals surface area contributed by atoms with Crippen molar-refractivity contribution < 1.29 is 32.7 Å². The number of ether oxygens (including phenoxy) is 2. The van der Waals surface area contributed by atoms with Crippen molar-refractivity contribution in [2.24, 2.45) is 0 Å². The Bertz CT molecular complexity index is 814. The second-order valence-electron chi connectivity index (χ2n) is 5.60. The number of benzene rings is 2. The van der Waals surface area contributed by atoms with Crippen molar-refractivity contribution in [3.05, 3.63) is 42.5 Å². The van der Waals surface area contributed by atoms with E-state index in [9.17, 15) is 18.6 Å². The molecule has 8 nitrogen and oxygen atoms in total. The Morgan fingerprint density at radius 1 is 1.00 bits per heavy atom. The van der Waals surface area contributed by atoms with Crippen LogP contribution in [0.25, 0.3) is 0 Å². The van der Waals surface area contributed by atoms with Crippen LogP contribution in [0.1, 0.15) is 0 Å². The van der Waals surface area contributed by atoms with Gasteiger partial charge < -0.3 is 24.6 Å². The normalized spacial score (nSPS) is 12.5. The number of phenolic OH excluding ortho intramolecular Hbond substituents is 1. The second kappa shape index (κ2) is 8.26. The van der Waals surface area contributed by atoms with E-state index in [0.717, 1.165) is 0 Å². The van der Waals surface area contributed by atoms with Gasteiger partial charge in [-0.25, -0.2) is 0 Å². The SMILES string of the molecule is COc1cc(OC)cc(N(CC(O)CS(=O)(=O)O)c2ccc(O)cc2)c1. The summed E-state index contributed by atoms with van der Waals surface area (Å²) in [7, 11) is -1.34. The molecule has 26 heavy (non-hydrogen) atoms. The number of nitrogens with zero attached hydrogens (tertiary/aromatic N) is 1. The highest BCUT2D eigenvalue weighted by molar-refractivity contribution is 7.85. The minimum atomic E-state index is -4.33. The Morgan fingerprint density at radius 2 is 1.54 bits per heavy atom. The van der Waals surface area contributed by atoms with Gasteiger partial charge in [0.2, 0.25) is 0 Å². The smallest absolute Gasteiger partial charge is 0.267 e. The molecule has 142 valence electrons. The van der Waals surface area contributed by atoms with Gasteiger partial charge in [-0.05, 0) is 24.3 Å². The summed E-state index contributed by atoms with van der Waals surface area (Å²) in [6, 6.07) is 11.2. The average molecular weight is 383 g/mol. The van der Waals surface area contributed by atoms with Crippen molar-refractivity contribution in [3.8, 4) is 17.2 Å². The number of aliphatic hydroxyl groups is 1. The maximum Gasteiger partial charge on any atom is 0.267 e. The first-order valence-corrected chi connectivity index (χ1v) is 9.25. The molecule has 0 aliphatic heterocycles. The molecule has 2 rings (SSSR count). The molecule has 0 heterocycles. The maximum absolute atomic E-state index is 11.0. The van der Waals surface area contributed by atoms with Gasteiger partial charge in [-0.15, -0.1) is 0 Å². The Labute approximate surface area is 152 Å². The molecule has 0 bridgehead atoms. The Hall–Kier alpha value is -2.49. The predicted molar refractivity (Wildman–Crippen MR) is 97.1 cm³/mol. The Kier molecular flexibility index (Phi) is 6.30. The number of phenols is 1. The van der Waals surface area contributed by atoms with Crippen LogP contribution < -0.4 is 14.4 Å². The molecule has 0 radical (unpaired) electrons. The first-order chi connectivity index (χ1) is 12.2. The van der Waals surface area contributed by atoms with Gasteiger partial charge in [-0.2, -0.15) is 8.42 Å². The molecule has 9 heteroatoms. The van der Waals surface area contributed by atoms with Gasteiger partial charge >= 0.3 is 0 Å².